The van der Waals surface area contributed by atoms with Gasteiger partial charge in [0.25, 0.3) is 0 Å². The van der Waals surface area contributed by atoms with Gasteiger partial charge in [-0.15, -0.1) is 0 Å². The van der Waals surface area contributed by atoms with Crippen LogP contribution in [0.2, 0.25) is 0 Å². The van der Waals surface area contributed by atoms with Crippen molar-refractivity contribution in [3.8, 4) is 0 Å². The molecule has 4 nitrogen and oxygen atoms in total. The number of nitrogens with zero attached hydrogens (tertiary/aromatic N) is 1. The van der Waals surface area contributed by atoms with Crippen molar-refractivity contribution in [2.24, 2.45) is 10.7 Å². The largest absolute Gasteiger partial charge is 0.481 e. The minimum Gasteiger partial charge on any atom is -0.481 e. The van der Waals surface area contributed by atoms with Crippen molar-refractivity contribution in [3.05, 3.63) is 24.9 Å². The number of carboxylic acids is 1. The van der Waals surface area contributed by atoms with Crippen LogP contribution in [-0.2, 0) is 4.79 Å². The molecule has 0 spiro atoms. The molecule has 0 aromatic carbocycles. The van der Waals surface area contributed by atoms with Crippen LogP contribution in [0, 0.1) is 0 Å². The van der Waals surface area contributed by atoms with Gasteiger partial charge >= 0.3 is 5.97 Å². The lowest BCUT2D eigenvalue weighted by molar-refractivity contribution is -0.136. The van der Waals surface area contributed by atoms with E-state index in [-0.39, 0.29) is 18.7 Å². The van der Waals surface area contributed by atoms with Gasteiger partial charge in [-0.2, -0.15) is 0 Å². The van der Waals surface area contributed by atoms with E-state index in [0.717, 1.165) is 0 Å². The summed E-state index contributed by atoms with van der Waals surface area (Å²) in [6.45, 7) is 6.94. The van der Waals surface area contributed by atoms with Crippen molar-refractivity contribution in [1.82, 2.24) is 0 Å². The molecule has 0 saturated heterocycles. The summed E-state index contributed by atoms with van der Waals surface area (Å²) >= 11 is 0. The van der Waals surface area contributed by atoms with Crippen LogP contribution < -0.4 is 5.73 Å². The highest BCUT2D eigenvalue weighted by Gasteiger charge is 1.98. The molecule has 4 heteroatoms. The second kappa shape index (κ2) is 5.12. The number of aliphatic carboxylic acids is 1. The summed E-state index contributed by atoms with van der Waals surface area (Å²) in [6.07, 6.45) is 1.68. The van der Waals surface area contributed by atoms with Crippen molar-refractivity contribution in [2.45, 2.75) is 12.8 Å². The molecular formula is C8H12N2O2. The monoisotopic (exact) mass is 168 g/mol. The van der Waals surface area contributed by atoms with Gasteiger partial charge in [-0.25, -0.2) is 4.99 Å². The van der Waals surface area contributed by atoms with Gasteiger partial charge in [-0.3, -0.25) is 4.79 Å². The van der Waals surface area contributed by atoms with E-state index in [2.05, 4.69) is 18.2 Å². The first-order valence-electron chi connectivity index (χ1n) is 3.42. The van der Waals surface area contributed by atoms with Gasteiger partial charge in [0.2, 0.25) is 0 Å². The van der Waals surface area contributed by atoms with Crippen LogP contribution in [0.4, 0.5) is 0 Å². The Balaban J connectivity index is 3.93. The van der Waals surface area contributed by atoms with E-state index >= 15 is 0 Å². The Hall–Kier alpha value is -1.58. The molecular weight excluding hydrogens is 156 g/mol. The molecule has 0 atom stereocenters. The number of aliphatic imine (C=N–C) groups is 1. The number of hydrogen-bond acceptors (Lipinski definition) is 2. The maximum absolute atomic E-state index is 10.1. The number of amidine groups is 1. The first kappa shape index (κ1) is 10.4. The molecule has 12 heavy (non-hydrogen) atoms. The topological polar surface area (TPSA) is 75.7 Å². The third-order valence-electron chi connectivity index (χ3n) is 1.12. The second-order valence-electron chi connectivity index (χ2n) is 2.19. The fraction of sp³-hybridized carbons (Fsp3) is 0.250. The van der Waals surface area contributed by atoms with Gasteiger partial charge in [0.1, 0.15) is 5.84 Å². The van der Waals surface area contributed by atoms with Gasteiger partial charge in [0, 0.05) is 6.42 Å². The Bertz CT molecular complexity index is 231. The summed E-state index contributed by atoms with van der Waals surface area (Å²) in [4.78, 5) is 13.9. The average molecular weight is 168 g/mol. The SMILES string of the molecule is C=CC(=C)N=C(N)CCC(=O)O. The van der Waals surface area contributed by atoms with Gasteiger partial charge in [-0.1, -0.05) is 13.2 Å². The number of allylic oxidation sites excluding steroid dienone is 1. The predicted octanol–water partition coefficient (Wildman–Crippen LogP) is 0.908. The molecule has 3 N–H and O–H groups in total. The Morgan fingerprint density at radius 1 is 1.58 bits per heavy atom. The first-order chi connectivity index (χ1) is 5.56. The molecule has 0 amide bonds. The molecule has 66 valence electrons. The lowest BCUT2D eigenvalue weighted by Crippen LogP contribution is -2.13. The minimum absolute atomic E-state index is 0.0141. The fourth-order valence-corrected chi connectivity index (χ4v) is 0.521. The standard InChI is InChI=1S/C8H12N2O2/c1-3-6(2)10-7(9)4-5-8(11)12/h3H,1-2,4-5H2,(H2,9,10)(H,11,12). The maximum atomic E-state index is 10.1. The Kier molecular flexibility index (Phi) is 4.45. The molecule has 0 aliphatic rings. The minimum atomic E-state index is -0.891. The third kappa shape index (κ3) is 5.22. The number of carboxylic acid groups (broad SMARTS) is 1. The van der Waals surface area contributed by atoms with Crippen LogP contribution in [0.1, 0.15) is 12.8 Å². The van der Waals surface area contributed by atoms with Crippen LogP contribution in [0.25, 0.3) is 0 Å². The molecule has 0 aromatic heterocycles. The average Bonchev–Trinajstić information content (AvgIpc) is 2.00. The fourth-order valence-electron chi connectivity index (χ4n) is 0.521. The van der Waals surface area contributed by atoms with Gasteiger partial charge in [0.15, 0.2) is 0 Å². The zero-order valence-corrected chi connectivity index (χ0v) is 6.79. The molecule has 0 rings (SSSR count). The summed E-state index contributed by atoms with van der Waals surface area (Å²) in [7, 11) is 0. The highest BCUT2D eigenvalue weighted by molar-refractivity contribution is 5.84. The van der Waals surface area contributed by atoms with Crippen molar-refractivity contribution >= 4 is 11.8 Å². The van der Waals surface area contributed by atoms with Gasteiger partial charge in [-0.05, 0) is 6.08 Å². The quantitative estimate of drug-likeness (QED) is 0.364. The molecule has 0 aliphatic carbocycles. The van der Waals surface area contributed by atoms with E-state index in [1.807, 2.05) is 0 Å². The highest BCUT2D eigenvalue weighted by atomic mass is 16.4. The van der Waals surface area contributed by atoms with Gasteiger partial charge in [0.05, 0.1) is 12.1 Å². The van der Waals surface area contributed by atoms with E-state index in [9.17, 15) is 4.79 Å². The van der Waals surface area contributed by atoms with Crippen molar-refractivity contribution in [3.63, 3.8) is 0 Å². The smallest absolute Gasteiger partial charge is 0.303 e. The molecule has 0 aromatic rings. The van der Waals surface area contributed by atoms with Crippen LogP contribution in [0.5, 0.6) is 0 Å². The number of nitrogens with two attached hydrogens (primary N) is 1. The first-order valence-corrected chi connectivity index (χ1v) is 3.42. The molecule has 0 radical (unpaired) electrons. The highest BCUT2D eigenvalue weighted by Crippen LogP contribution is 1.96. The molecule has 0 aliphatic heterocycles. The zero-order chi connectivity index (χ0) is 9.56. The third-order valence-corrected chi connectivity index (χ3v) is 1.12. The maximum Gasteiger partial charge on any atom is 0.303 e. The van der Waals surface area contributed by atoms with Gasteiger partial charge < -0.3 is 10.8 Å². The molecule has 0 fully saturated rings. The molecule has 0 bridgehead atoms. The Labute approximate surface area is 71.1 Å². The number of carbonyl (C=O) groups is 1. The molecule has 0 saturated carbocycles. The van der Waals surface area contributed by atoms with Crippen molar-refractivity contribution in [1.29, 1.82) is 0 Å². The zero-order valence-electron chi connectivity index (χ0n) is 6.79. The summed E-state index contributed by atoms with van der Waals surface area (Å²) in [5.74, 6) is -0.625. The summed E-state index contributed by atoms with van der Waals surface area (Å²) in [5.41, 5.74) is 5.82. The summed E-state index contributed by atoms with van der Waals surface area (Å²) < 4.78 is 0. The molecule has 0 unspecified atom stereocenters. The summed E-state index contributed by atoms with van der Waals surface area (Å²) in [6, 6.07) is 0. The number of hydrogen-bond donors (Lipinski definition) is 2. The second-order valence-corrected chi connectivity index (χ2v) is 2.19. The normalized spacial score (nSPS) is 10.8. The van der Waals surface area contributed by atoms with E-state index in [1.54, 1.807) is 0 Å². The van der Waals surface area contributed by atoms with Crippen molar-refractivity contribution < 1.29 is 9.90 Å². The Morgan fingerprint density at radius 2 is 2.17 bits per heavy atom. The van der Waals surface area contributed by atoms with Crippen LogP contribution in [-0.4, -0.2) is 16.9 Å². The lowest BCUT2D eigenvalue weighted by Gasteiger charge is -1.96. The van der Waals surface area contributed by atoms with E-state index in [1.165, 1.54) is 6.08 Å². The summed E-state index contributed by atoms with van der Waals surface area (Å²) in [5, 5.41) is 8.30. The van der Waals surface area contributed by atoms with E-state index < -0.39 is 5.97 Å². The van der Waals surface area contributed by atoms with Crippen molar-refractivity contribution in [2.75, 3.05) is 0 Å². The Morgan fingerprint density at radius 3 is 2.58 bits per heavy atom. The lowest BCUT2D eigenvalue weighted by atomic mass is 10.3. The van der Waals surface area contributed by atoms with Crippen LogP contribution >= 0.6 is 0 Å². The van der Waals surface area contributed by atoms with E-state index in [0.29, 0.717) is 5.70 Å². The van der Waals surface area contributed by atoms with Crippen LogP contribution in [0.3, 0.4) is 0 Å². The molecule has 0 heterocycles. The van der Waals surface area contributed by atoms with E-state index in [4.69, 9.17) is 10.8 Å². The predicted molar refractivity (Wildman–Crippen MR) is 47.8 cm³/mol. The van der Waals surface area contributed by atoms with Crippen LogP contribution in [0.15, 0.2) is 29.9 Å². The number of rotatable bonds is 5.